The van der Waals surface area contributed by atoms with Crippen LogP contribution >= 0.6 is 11.3 Å². The molecule has 2 aromatic heterocycles. The van der Waals surface area contributed by atoms with Crippen LogP contribution in [0.2, 0.25) is 0 Å². The molecule has 2 aromatic rings. The van der Waals surface area contributed by atoms with Gasteiger partial charge in [0, 0.05) is 17.8 Å². The van der Waals surface area contributed by atoms with Gasteiger partial charge in [0.1, 0.15) is 6.33 Å². The Kier molecular flexibility index (Phi) is 4.97. The first-order valence-corrected chi connectivity index (χ1v) is 7.01. The predicted octanol–water partition coefficient (Wildman–Crippen LogP) is 2.60. The van der Waals surface area contributed by atoms with Crippen molar-refractivity contribution in [2.75, 3.05) is 25.6 Å². The maximum atomic E-state index is 5.68. The summed E-state index contributed by atoms with van der Waals surface area (Å²) in [6.07, 6.45) is 2.34. The van der Waals surface area contributed by atoms with Gasteiger partial charge in [0.15, 0.2) is 5.82 Å². The lowest BCUT2D eigenvalue weighted by atomic mass is 10.4. The molecule has 0 atom stereocenters. The van der Waals surface area contributed by atoms with Crippen LogP contribution in [-0.2, 0) is 6.42 Å². The van der Waals surface area contributed by atoms with Crippen molar-refractivity contribution in [2.24, 2.45) is 0 Å². The Morgan fingerprint density at radius 2 is 2.26 bits per heavy atom. The van der Waals surface area contributed by atoms with E-state index in [-0.39, 0.29) is 0 Å². The summed E-state index contributed by atoms with van der Waals surface area (Å²) in [5.41, 5.74) is 0. The van der Waals surface area contributed by atoms with E-state index in [1.54, 1.807) is 18.4 Å². The minimum absolute atomic E-state index is 0.477. The molecule has 2 heterocycles. The molecule has 2 rings (SSSR count). The fourth-order valence-electron chi connectivity index (χ4n) is 1.64. The summed E-state index contributed by atoms with van der Waals surface area (Å²) in [6.45, 7) is 3.33. The van der Waals surface area contributed by atoms with E-state index >= 15 is 0 Å². The van der Waals surface area contributed by atoms with E-state index in [0.717, 1.165) is 13.0 Å². The molecule has 0 amide bonds. The summed E-state index contributed by atoms with van der Waals surface area (Å²) in [5.74, 6) is 1.69. The number of nitrogens with one attached hydrogen (secondary N) is 1. The molecular weight excluding hydrogens is 262 g/mol. The van der Waals surface area contributed by atoms with Gasteiger partial charge in [-0.25, -0.2) is 4.98 Å². The molecule has 19 heavy (non-hydrogen) atoms. The summed E-state index contributed by atoms with van der Waals surface area (Å²) < 4.78 is 11.0. The molecule has 0 bridgehead atoms. The highest BCUT2D eigenvalue weighted by Crippen LogP contribution is 2.30. The standard InChI is InChI=1S/C13H17N3O2S/c1-3-14-12-11(17-2)13(16-9-15-12)18-7-6-10-5-4-8-19-10/h4-5,8-9H,3,6-7H2,1-2H3,(H,14,15,16). The smallest absolute Gasteiger partial charge is 0.262 e. The zero-order chi connectivity index (χ0) is 13.5. The highest BCUT2D eigenvalue weighted by molar-refractivity contribution is 7.09. The second-order valence-electron chi connectivity index (χ2n) is 3.77. The van der Waals surface area contributed by atoms with Gasteiger partial charge in [-0.2, -0.15) is 4.98 Å². The van der Waals surface area contributed by atoms with Gasteiger partial charge in [-0.15, -0.1) is 11.3 Å². The highest BCUT2D eigenvalue weighted by Gasteiger charge is 2.12. The second-order valence-corrected chi connectivity index (χ2v) is 4.80. The summed E-state index contributed by atoms with van der Waals surface area (Å²) in [4.78, 5) is 9.54. The average Bonchev–Trinajstić information content (AvgIpc) is 2.93. The van der Waals surface area contributed by atoms with Crippen LogP contribution in [0.15, 0.2) is 23.8 Å². The lowest BCUT2D eigenvalue weighted by molar-refractivity contribution is 0.286. The third-order valence-electron chi connectivity index (χ3n) is 2.49. The number of methoxy groups -OCH3 is 1. The van der Waals surface area contributed by atoms with Crippen molar-refractivity contribution in [2.45, 2.75) is 13.3 Å². The van der Waals surface area contributed by atoms with Gasteiger partial charge in [0.25, 0.3) is 5.88 Å². The van der Waals surface area contributed by atoms with Crippen molar-refractivity contribution in [3.8, 4) is 11.6 Å². The molecular formula is C13H17N3O2S. The van der Waals surface area contributed by atoms with Crippen LogP contribution < -0.4 is 14.8 Å². The highest BCUT2D eigenvalue weighted by atomic mass is 32.1. The van der Waals surface area contributed by atoms with Crippen LogP contribution in [0.1, 0.15) is 11.8 Å². The molecule has 0 spiro atoms. The van der Waals surface area contributed by atoms with Crippen molar-refractivity contribution >= 4 is 17.2 Å². The van der Waals surface area contributed by atoms with Gasteiger partial charge >= 0.3 is 0 Å². The average molecular weight is 279 g/mol. The number of nitrogens with zero attached hydrogens (tertiary/aromatic N) is 2. The van der Waals surface area contributed by atoms with Gasteiger partial charge in [-0.3, -0.25) is 0 Å². The monoisotopic (exact) mass is 279 g/mol. The van der Waals surface area contributed by atoms with Gasteiger partial charge in [0.05, 0.1) is 13.7 Å². The topological polar surface area (TPSA) is 56.3 Å². The Labute approximate surface area is 116 Å². The molecule has 5 nitrogen and oxygen atoms in total. The lowest BCUT2D eigenvalue weighted by Gasteiger charge is -2.12. The van der Waals surface area contributed by atoms with Crippen LogP contribution in [0.3, 0.4) is 0 Å². The number of hydrogen-bond acceptors (Lipinski definition) is 6. The molecule has 0 radical (unpaired) electrons. The van der Waals surface area contributed by atoms with E-state index in [4.69, 9.17) is 9.47 Å². The minimum atomic E-state index is 0.477. The number of hydrogen-bond donors (Lipinski definition) is 1. The normalized spacial score (nSPS) is 10.2. The van der Waals surface area contributed by atoms with Crippen LogP contribution in [0.4, 0.5) is 5.82 Å². The zero-order valence-corrected chi connectivity index (χ0v) is 11.9. The molecule has 0 saturated carbocycles. The molecule has 6 heteroatoms. The number of aromatic nitrogens is 2. The van der Waals surface area contributed by atoms with E-state index in [1.165, 1.54) is 11.2 Å². The quantitative estimate of drug-likeness (QED) is 0.844. The summed E-state index contributed by atoms with van der Waals surface area (Å²) >= 11 is 1.72. The molecule has 1 N–H and O–H groups in total. The van der Waals surface area contributed by atoms with E-state index in [2.05, 4.69) is 26.7 Å². The first-order valence-electron chi connectivity index (χ1n) is 6.13. The first-order chi connectivity index (χ1) is 9.35. The number of anilines is 1. The van der Waals surface area contributed by atoms with Crippen molar-refractivity contribution in [3.05, 3.63) is 28.7 Å². The van der Waals surface area contributed by atoms with Crippen LogP contribution in [0.25, 0.3) is 0 Å². The van der Waals surface area contributed by atoms with Crippen molar-refractivity contribution in [1.82, 2.24) is 9.97 Å². The van der Waals surface area contributed by atoms with Crippen LogP contribution in [0, 0.1) is 0 Å². The van der Waals surface area contributed by atoms with Gasteiger partial charge in [-0.05, 0) is 18.4 Å². The molecule has 0 aliphatic rings. The zero-order valence-electron chi connectivity index (χ0n) is 11.0. The summed E-state index contributed by atoms with van der Waals surface area (Å²) in [6, 6.07) is 4.13. The molecule has 102 valence electrons. The summed E-state index contributed by atoms with van der Waals surface area (Å²) in [7, 11) is 1.59. The van der Waals surface area contributed by atoms with Crippen LogP contribution in [-0.4, -0.2) is 30.2 Å². The third-order valence-corrected chi connectivity index (χ3v) is 3.42. The number of rotatable bonds is 7. The number of ether oxygens (including phenoxy) is 2. The first kappa shape index (κ1) is 13.6. The second kappa shape index (κ2) is 6.94. The summed E-state index contributed by atoms with van der Waals surface area (Å²) in [5, 5.41) is 5.18. The number of thiophene rings is 1. The molecule has 0 saturated heterocycles. The molecule has 0 aliphatic carbocycles. The predicted molar refractivity (Wildman–Crippen MR) is 76.3 cm³/mol. The fourth-order valence-corrected chi connectivity index (χ4v) is 2.33. The largest absolute Gasteiger partial charge is 0.489 e. The van der Waals surface area contributed by atoms with E-state index < -0.39 is 0 Å². The Balaban J connectivity index is 2.00. The van der Waals surface area contributed by atoms with E-state index in [0.29, 0.717) is 24.1 Å². The molecule has 0 aromatic carbocycles. The van der Waals surface area contributed by atoms with E-state index in [1.807, 2.05) is 13.0 Å². The molecule has 0 unspecified atom stereocenters. The SMILES string of the molecule is CCNc1ncnc(OCCc2cccs2)c1OC. The van der Waals surface area contributed by atoms with Crippen molar-refractivity contribution in [3.63, 3.8) is 0 Å². The fraction of sp³-hybridized carbons (Fsp3) is 0.385. The molecule has 0 fully saturated rings. The third kappa shape index (κ3) is 3.57. The Morgan fingerprint density at radius 3 is 2.95 bits per heavy atom. The minimum Gasteiger partial charge on any atom is -0.489 e. The maximum Gasteiger partial charge on any atom is 0.262 e. The Bertz CT molecular complexity index is 503. The Hall–Kier alpha value is -1.82. The van der Waals surface area contributed by atoms with Crippen molar-refractivity contribution in [1.29, 1.82) is 0 Å². The van der Waals surface area contributed by atoms with Crippen LogP contribution in [0.5, 0.6) is 11.6 Å². The molecule has 0 aliphatic heterocycles. The van der Waals surface area contributed by atoms with Gasteiger partial charge in [0.2, 0.25) is 5.75 Å². The van der Waals surface area contributed by atoms with E-state index in [9.17, 15) is 0 Å². The lowest BCUT2D eigenvalue weighted by Crippen LogP contribution is -2.07. The van der Waals surface area contributed by atoms with Gasteiger partial charge in [-0.1, -0.05) is 6.07 Å². The van der Waals surface area contributed by atoms with Crippen molar-refractivity contribution < 1.29 is 9.47 Å². The Morgan fingerprint density at radius 1 is 1.37 bits per heavy atom. The maximum absolute atomic E-state index is 5.68. The van der Waals surface area contributed by atoms with Gasteiger partial charge < -0.3 is 14.8 Å².